The zero-order chi connectivity index (χ0) is 22.3. The molecule has 0 amide bonds. The third kappa shape index (κ3) is 3.81. The van der Waals surface area contributed by atoms with Crippen LogP contribution in [0.5, 0.6) is 0 Å². The average Bonchev–Trinajstić information content (AvgIpc) is 3.50. The SMILES string of the molecule is Fc1ccccc1Cn1nc(-c2ncc(F)c(N3CCC(F)(F)C3)n2)cc1-c1ccon1. The van der Waals surface area contributed by atoms with E-state index < -0.39 is 24.1 Å². The van der Waals surface area contributed by atoms with Crippen LogP contribution >= 0.6 is 0 Å². The van der Waals surface area contributed by atoms with Crippen molar-refractivity contribution in [1.29, 1.82) is 0 Å². The first-order chi connectivity index (χ1) is 15.4. The molecule has 0 aliphatic carbocycles. The average molecular weight is 444 g/mol. The lowest BCUT2D eigenvalue weighted by Gasteiger charge is -2.17. The lowest BCUT2D eigenvalue weighted by Crippen LogP contribution is -2.26. The van der Waals surface area contributed by atoms with Crippen molar-refractivity contribution in [3.05, 3.63) is 66.1 Å². The number of nitrogens with zero attached hydrogens (tertiary/aromatic N) is 6. The van der Waals surface area contributed by atoms with E-state index in [1.165, 1.54) is 21.9 Å². The summed E-state index contributed by atoms with van der Waals surface area (Å²) in [6.45, 7) is -0.556. The van der Waals surface area contributed by atoms with Gasteiger partial charge in [0.15, 0.2) is 17.5 Å². The molecular weight excluding hydrogens is 428 g/mol. The van der Waals surface area contributed by atoms with E-state index in [0.717, 1.165) is 6.20 Å². The Labute approximate surface area is 179 Å². The summed E-state index contributed by atoms with van der Waals surface area (Å²) in [5.41, 5.74) is 1.60. The third-order valence-electron chi connectivity index (χ3n) is 5.18. The highest BCUT2D eigenvalue weighted by molar-refractivity contribution is 5.63. The fraction of sp³-hybridized carbons (Fsp3) is 0.238. The molecule has 1 aromatic carbocycles. The predicted molar refractivity (Wildman–Crippen MR) is 106 cm³/mol. The van der Waals surface area contributed by atoms with Gasteiger partial charge in [0.05, 0.1) is 25.0 Å². The van der Waals surface area contributed by atoms with Gasteiger partial charge in [-0.1, -0.05) is 23.4 Å². The first-order valence-corrected chi connectivity index (χ1v) is 9.77. The smallest absolute Gasteiger partial charge is 0.266 e. The van der Waals surface area contributed by atoms with E-state index >= 15 is 0 Å². The lowest BCUT2D eigenvalue weighted by molar-refractivity contribution is 0.0256. The lowest BCUT2D eigenvalue weighted by atomic mass is 10.2. The normalized spacial score (nSPS) is 15.4. The first kappa shape index (κ1) is 20.2. The van der Waals surface area contributed by atoms with Crippen LogP contribution in [0.2, 0.25) is 0 Å². The Hall–Kier alpha value is -3.76. The molecule has 0 N–H and O–H groups in total. The number of rotatable bonds is 5. The molecule has 0 radical (unpaired) electrons. The third-order valence-corrected chi connectivity index (χ3v) is 5.18. The molecule has 1 saturated heterocycles. The van der Waals surface area contributed by atoms with Crippen molar-refractivity contribution in [3.8, 4) is 22.9 Å². The fourth-order valence-corrected chi connectivity index (χ4v) is 3.61. The molecule has 0 spiro atoms. The molecule has 1 aliphatic heterocycles. The number of hydrogen-bond donors (Lipinski definition) is 0. The van der Waals surface area contributed by atoms with E-state index in [1.807, 2.05) is 0 Å². The summed E-state index contributed by atoms with van der Waals surface area (Å²) in [7, 11) is 0. The second kappa shape index (κ2) is 7.74. The Kier molecular flexibility index (Phi) is 4.87. The number of aromatic nitrogens is 5. The molecule has 1 fully saturated rings. The van der Waals surface area contributed by atoms with Crippen LogP contribution in [0.25, 0.3) is 22.9 Å². The van der Waals surface area contributed by atoms with Crippen LogP contribution < -0.4 is 4.90 Å². The number of anilines is 1. The second-order valence-electron chi connectivity index (χ2n) is 7.44. The number of hydrogen-bond acceptors (Lipinski definition) is 6. The largest absolute Gasteiger partial charge is 0.364 e. The van der Waals surface area contributed by atoms with E-state index in [-0.39, 0.29) is 36.8 Å². The molecule has 32 heavy (non-hydrogen) atoms. The summed E-state index contributed by atoms with van der Waals surface area (Å²) in [5, 5.41) is 8.36. The molecule has 7 nitrogen and oxygen atoms in total. The van der Waals surface area contributed by atoms with Gasteiger partial charge in [-0.25, -0.2) is 27.5 Å². The van der Waals surface area contributed by atoms with Gasteiger partial charge in [0.25, 0.3) is 5.92 Å². The molecule has 0 saturated carbocycles. The minimum atomic E-state index is -2.90. The fourth-order valence-electron chi connectivity index (χ4n) is 3.61. The van der Waals surface area contributed by atoms with Crippen molar-refractivity contribution in [2.45, 2.75) is 18.9 Å². The highest BCUT2D eigenvalue weighted by atomic mass is 19.3. The zero-order valence-electron chi connectivity index (χ0n) is 16.6. The highest BCUT2D eigenvalue weighted by Gasteiger charge is 2.39. The summed E-state index contributed by atoms with van der Waals surface area (Å²) in [5.74, 6) is -4.26. The molecule has 0 unspecified atom stereocenters. The first-order valence-electron chi connectivity index (χ1n) is 9.77. The minimum absolute atomic E-state index is 0.0215. The molecule has 1 aliphatic rings. The second-order valence-corrected chi connectivity index (χ2v) is 7.44. The Bertz CT molecular complexity index is 1260. The monoisotopic (exact) mass is 444 g/mol. The van der Waals surface area contributed by atoms with E-state index in [4.69, 9.17) is 4.52 Å². The van der Waals surface area contributed by atoms with Crippen molar-refractivity contribution in [3.63, 3.8) is 0 Å². The van der Waals surface area contributed by atoms with Crippen LogP contribution in [0.15, 0.2) is 53.4 Å². The van der Waals surface area contributed by atoms with E-state index in [9.17, 15) is 17.6 Å². The molecule has 0 bridgehead atoms. The van der Waals surface area contributed by atoms with Gasteiger partial charge in [-0.3, -0.25) is 4.68 Å². The predicted octanol–water partition coefficient (Wildman–Crippen LogP) is 4.17. The summed E-state index contributed by atoms with van der Waals surface area (Å²) in [4.78, 5) is 9.34. The Morgan fingerprint density at radius 2 is 1.91 bits per heavy atom. The van der Waals surface area contributed by atoms with Gasteiger partial charge in [-0.05, 0) is 12.1 Å². The van der Waals surface area contributed by atoms with Crippen LogP contribution in [0.4, 0.5) is 23.4 Å². The maximum Gasteiger partial charge on any atom is 0.266 e. The Morgan fingerprint density at radius 3 is 2.62 bits per heavy atom. The van der Waals surface area contributed by atoms with Gasteiger partial charge in [-0.15, -0.1) is 0 Å². The zero-order valence-corrected chi connectivity index (χ0v) is 16.6. The van der Waals surface area contributed by atoms with Crippen LogP contribution in [0, 0.1) is 11.6 Å². The maximum atomic E-state index is 14.3. The summed E-state index contributed by atoms with van der Waals surface area (Å²) in [6.07, 6.45) is 1.94. The van der Waals surface area contributed by atoms with Crippen molar-refractivity contribution in [2.75, 3.05) is 18.0 Å². The molecule has 4 heterocycles. The summed E-state index contributed by atoms with van der Waals surface area (Å²) >= 11 is 0. The standard InChI is InChI=1S/C21H16F4N6O/c22-14-4-2-1-3-13(14)11-31-18(16-5-8-32-29-16)9-17(28-31)19-26-10-15(23)20(27-19)30-7-6-21(24,25)12-30/h1-5,8-10H,6-7,11-12H2. The van der Waals surface area contributed by atoms with Gasteiger partial charge < -0.3 is 9.42 Å². The number of benzene rings is 1. The van der Waals surface area contributed by atoms with Crippen LogP contribution in [-0.2, 0) is 6.54 Å². The topological polar surface area (TPSA) is 72.9 Å². The van der Waals surface area contributed by atoms with Crippen LogP contribution in [0.3, 0.4) is 0 Å². The number of alkyl halides is 2. The minimum Gasteiger partial charge on any atom is -0.364 e. The van der Waals surface area contributed by atoms with E-state index in [1.54, 1.807) is 30.3 Å². The molecule has 3 aromatic heterocycles. The molecular formula is C21H16F4N6O. The van der Waals surface area contributed by atoms with Crippen LogP contribution in [-0.4, -0.2) is 43.9 Å². The highest BCUT2D eigenvalue weighted by Crippen LogP contribution is 2.32. The van der Waals surface area contributed by atoms with Gasteiger partial charge in [0.1, 0.15) is 23.5 Å². The number of halogens is 4. The van der Waals surface area contributed by atoms with E-state index in [2.05, 4.69) is 20.2 Å². The quantitative estimate of drug-likeness (QED) is 0.431. The molecule has 4 aromatic rings. The molecule has 164 valence electrons. The van der Waals surface area contributed by atoms with Crippen molar-refractivity contribution in [2.24, 2.45) is 0 Å². The molecule has 11 heteroatoms. The molecule has 0 atom stereocenters. The summed E-state index contributed by atoms with van der Waals surface area (Å²) in [6, 6.07) is 9.48. The maximum absolute atomic E-state index is 14.3. The Morgan fingerprint density at radius 1 is 1.06 bits per heavy atom. The van der Waals surface area contributed by atoms with Crippen LogP contribution in [0.1, 0.15) is 12.0 Å². The molecule has 5 rings (SSSR count). The van der Waals surface area contributed by atoms with Gasteiger partial charge in [0, 0.05) is 24.6 Å². The van der Waals surface area contributed by atoms with Crippen molar-refractivity contribution < 1.29 is 22.1 Å². The van der Waals surface area contributed by atoms with Crippen molar-refractivity contribution >= 4 is 5.82 Å². The van der Waals surface area contributed by atoms with Gasteiger partial charge >= 0.3 is 0 Å². The van der Waals surface area contributed by atoms with E-state index in [0.29, 0.717) is 17.0 Å². The van der Waals surface area contributed by atoms with Gasteiger partial charge in [0.2, 0.25) is 0 Å². The van der Waals surface area contributed by atoms with Gasteiger partial charge in [-0.2, -0.15) is 5.10 Å². The van der Waals surface area contributed by atoms with Crippen molar-refractivity contribution in [1.82, 2.24) is 24.9 Å². The Balaban J connectivity index is 1.54. The summed E-state index contributed by atoms with van der Waals surface area (Å²) < 4.78 is 62.2.